The van der Waals surface area contributed by atoms with Gasteiger partial charge in [0, 0.05) is 42.3 Å². The van der Waals surface area contributed by atoms with Crippen LogP contribution < -0.4 is 14.8 Å². The van der Waals surface area contributed by atoms with Crippen molar-refractivity contribution >= 4 is 52.3 Å². The molecular weight excluding hydrogens is 667 g/mol. The fraction of sp³-hybridized carbons (Fsp3) is 0.414. The number of nitrogens with one attached hydrogen (secondary N) is 1. The molecule has 1 fully saturated rings. The highest BCUT2D eigenvalue weighted by molar-refractivity contribution is 14.1. The quantitative estimate of drug-likeness (QED) is 0.241. The van der Waals surface area contributed by atoms with E-state index in [9.17, 15) is 24.6 Å². The molecule has 1 aliphatic heterocycles. The summed E-state index contributed by atoms with van der Waals surface area (Å²) in [5, 5.41) is 24.2. The van der Waals surface area contributed by atoms with Gasteiger partial charge in [-0.05, 0) is 64.9 Å². The highest BCUT2D eigenvalue weighted by Gasteiger charge is 2.42. The van der Waals surface area contributed by atoms with E-state index in [4.69, 9.17) is 25.8 Å². The number of carbonyl (C=O) groups is 3. The van der Waals surface area contributed by atoms with Crippen molar-refractivity contribution in [3.63, 3.8) is 0 Å². The summed E-state index contributed by atoms with van der Waals surface area (Å²) in [7, 11) is 1.44. The van der Waals surface area contributed by atoms with Crippen LogP contribution in [0.4, 0.5) is 0 Å². The van der Waals surface area contributed by atoms with E-state index < -0.39 is 24.2 Å². The number of aliphatic hydroxyl groups is 2. The SMILES string of the molecule is COc1cc(C=O)cc(I)c1OC1C=C(C(=O)NCCO)CC(N(Cc2ccc(Cl)cc2)C(=O)C2CCOC2)C1O. The van der Waals surface area contributed by atoms with Gasteiger partial charge in [0.05, 0.1) is 35.9 Å². The van der Waals surface area contributed by atoms with Crippen molar-refractivity contribution in [2.45, 2.75) is 37.6 Å². The molecule has 2 amide bonds. The number of hydrogen-bond acceptors (Lipinski definition) is 8. The zero-order valence-electron chi connectivity index (χ0n) is 22.4. The van der Waals surface area contributed by atoms with E-state index in [0.29, 0.717) is 39.0 Å². The van der Waals surface area contributed by atoms with Crippen molar-refractivity contribution in [3.05, 3.63) is 67.8 Å². The van der Waals surface area contributed by atoms with E-state index in [2.05, 4.69) is 5.32 Å². The lowest BCUT2D eigenvalue weighted by molar-refractivity contribution is -0.143. The number of carbonyl (C=O) groups excluding carboxylic acids is 3. The van der Waals surface area contributed by atoms with Crippen LogP contribution >= 0.6 is 34.2 Å². The first-order chi connectivity index (χ1) is 19.7. The number of amides is 2. The molecule has 2 aromatic carbocycles. The second kappa shape index (κ2) is 14.5. The van der Waals surface area contributed by atoms with Gasteiger partial charge >= 0.3 is 0 Å². The molecule has 1 saturated heterocycles. The van der Waals surface area contributed by atoms with Crippen LogP contribution in [0.5, 0.6) is 11.5 Å². The molecule has 0 aromatic heterocycles. The first-order valence-corrected chi connectivity index (χ1v) is 14.6. The fourth-order valence-electron chi connectivity index (χ4n) is 4.95. The average Bonchev–Trinajstić information content (AvgIpc) is 3.52. The zero-order valence-corrected chi connectivity index (χ0v) is 25.3. The molecule has 2 aromatic rings. The van der Waals surface area contributed by atoms with E-state index in [0.717, 1.165) is 5.56 Å². The van der Waals surface area contributed by atoms with Crippen molar-refractivity contribution < 1.29 is 38.8 Å². The molecule has 0 bridgehead atoms. The maximum absolute atomic E-state index is 13.9. The monoisotopic (exact) mass is 698 g/mol. The molecule has 0 spiro atoms. The molecule has 41 heavy (non-hydrogen) atoms. The molecule has 1 heterocycles. The second-order valence-corrected chi connectivity index (χ2v) is 11.4. The molecular formula is C29H32ClIN2O8. The highest BCUT2D eigenvalue weighted by Crippen LogP contribution is 2.37. The number of ether oxygens (including phenoxy) is 3. The van der Waals surface area contributed by atoms with Crippen LogP contribution in [0.2, 0.25) is 5.02 Å². The summed E-state index contributed by atoms with van der Waals surface area (Å²) in [6.45, 7) is 0.707. The number of nitrogens with zero attached hydrogens (tertiary/aromatic N) is 1. The van der Waals surface area contributed by atoms with Gasteiger partial charge < -0.3 is 34.6 Å². The Kier molecular flexibility index (Phi) is 11.0. The van der Waals surface area contributed by atoms with E-state index in [1.165, 1.54) is 19.3 Å². The third kappa shape index (κ3) is 7.58. The van der Waals surface area contributed by atoms with Gasteiger partial charge in [-0.15, -0.1) is 0 Å². The van der Waals surface area contributed by atoms with Crippen molar-refractivity contribution in [2.75, 3.05) is 33.5 Å². The minimum absolute atomic E-state index is 0.0423. The number of methoxy groups -OCH3 is 1. The van der Waals surface area contributed by atoms with Gasteiger partial charge in [-0.25, -0.2) is 0 Å². The number of hydrogen-bond donors (Lipinski definition) is 3. The van der Waals surface area contributed by atoms with Crippen LogP contribution in [0.15, 0.2) is 48.0 Å². The summed E-state index contributed by atoms with van der Waals surface area (Å²) in [5.74, 6) is -0.450. The summed E-state index contributed by atoms with van der Waals surface area (Å²) in [5.41, 5.74) is 1.49. The summed E-state index contributed by atoms with van der Waals surface area (Å²) in [4.78, 5) is 39.9. The predicted octanol–water partition coefficient (Wildman–Crippen LogP) is 2.75. The van der Waals surface area contributed by atoms with Crippen molar-refractivity contribution in [3.8, 4) is 11.5 Å². The van der Waals surface area contributed by atoms with Crippen LogP contribution in [0.1, 0.15) is 28.8 Å². The van der Waals surface area contributed by atoms with Gasteiger partial charge in [-0.2, -0.15) is 0 Å². The van der Waals surface area contributed by atoms with E-state index in [1.54, 1.807) is 23.1 Å². The van der Waals surface area contributed by atoms with Crippen LogP contribution in [-0.2, 0) is 20.9 Å². The fourth-order valence-corrected chi connectivity index (χ4v) is 5.83. The molecule has 3 N–H and O–H groups in total. The minimum Gasteiger partial charge on any atom is -0.493 e. The predicted molar refractivity (Wildman–Crippen MR) is 159 cm³/mol. The molecule has 4 rings (SSSR count). The van der Waals surface area contributed by atoms with Crippen molar-refractivity contribution in [1.29, 1.82) is 0 Å². The summed E-state index contributed by atoms with van der Waals surface area (Å²) in [6.07, 6.45) is 0.556. The summed E-state index contributed by atoms with van der Waals surface area (Å²) >= 11 is 8.09. The average molecular weight is 699 g/mol. The number of rotatable bonds is 11. The van der Waals surface area contributed by atoms with Crippen LogP contribution in [0.3, 0.4) is 0 Å². The Morgan fingerprint density at radius 1 is 1.27 bits per heavy atom. The Bertz CT molecular complexity index is 1280. The molecule has 2 aliphatic rings. The Morgan fingerprint density at radius 2 is 2.02 bits per heavy atom. The van der Waals surface area contributed by atoms with Gasteiger partial charge in [0.2, 0.25) is 11.8 Å². The number of benzene rings is 2. The smallest absolute Gasteiger partial charge is 0.247 e. The molecule has 220 valence electrons. The Labute approximate surface area is 256 Å². The topological polar surface area (TPSA) is 135 Å². The van der Waals surface area contributed by atoms with E-state index >= 15 is 0 Å². The van der Waals surface area contributed by atoms with Crippen molar-refractivity contribution in [1.82, 2.24) is 10.2 Å². The van der Waals surface area contributed by atoms with Gasteiger partial charge in [0.25, 0.3) is 0 Å². The number of halogens is 2. The van der Waals surface area contributed by atoms with E-state index in [-0.39, 0.29) is 56.0 Å². The summed E-state index contributed by atoms with van der Waals surface area (Å²) < 4.78 is 17.8. The molecule has 4 unspecified atom stereocenters. The minimum atomic E-state index is -1.23. The van der Waals surface area contributed by atoms with E-state index in [1.807, 2.05) is 34.7 Å². The summed E-state index contributed by atoms with van der Waals surface area (Å²) in [6, 6.07) is 9.38. The second-order valence-electron chi connectivity index (χ2n) is 9.82. The normalized spacial score (nSPS) is 22.0. The Hall–Kier alpha value is -2.71. The molecule has 0 radical (unpaired) electrons. The lowest BCUT2D eigenvalue weighted by Crippen LogP contribution is -2.56. The third-order valence-corrected chi connectivity index (χ3v) is 8.14. The van der Waals surface area contributed by atoms with Gasteiger partial charge in [-0.1, -0.05) is 23.7 Å². The first kappa shape index (κ1) is 31.2. The third-order valence-electron chi connectivity index (χ3n) is 7.08. The standard InChI is InChI=1S/C29H32ClIN2O8/c1-39-25-11-18(15-35)10-22(31)27(25)41-24-13-20(28(37)32-7-8-34)12-23(26(24)36)33(29(38)19-6-9-40-16-19)14-17-2-4-21(30)5-3-17/h2-5,10-11,13,15,19,23-24,26,34,36H,6-9,12,14,16H2,1H3,(H,32,37). The number of aliphatic hydroxyl groups excluding tert-OH is 2. The lowest BCUT2D eigenvalue weighted by Gasteiger charge is -2.41. The Balaban J connectivity index is 1.73. The maximum Gasteiger partial charge on any atom is 0.247 e. The first-order valence-electron chi connectivity index (χ1n) is 13.2. The van der Waals surface area contributed by atoms with Crippen LogP contribution in [-0.4, -0.2) is 84.9 Å². The zero-order chi connectivity index (χ0) is 29.5. The lowest BCUT2D eigenvalue weighted by atomic mass is 9.87. The largest absolute Gasteiger partial charge is 0.493 e. The molecule has 0 saturated carbocycles. The highest BCUT2D eigenvalue weighted by atomic mass is 127. The van der Waals surface area contributed by atoms with Crippen molar-refractivity contribution in [2.24, 2.45) is 5.92 Å². The molecule has 4 atom stereocenters. The van der Waals surface area contributed by atoms with Gasteiger partial charge in [0.15, 0.2) is 11.5 Å². The van der Waals surface area contributed by atoms with Crippen LogP contribution in [0, 0.1) is 9.49 Å². The molecule has 1 aliphatic carbocycles. The molecule has 12 heteroatoms. The van der Waals surface area contributed by atoms with Gasteiger partial charge in [-0.3, -0.25) is 14.4 Å². The molecule has 10 nitrogen and oxygen atoms in total. The Morgan fingerprint density at radius 3 is 2.66 bits per heavy atom. The maximum atomic E-state index is 13.9. The van der Waals surface area contributed by atoms with Gasteiger partial charge in [0.1, 0.15) is 18.5 Å². The number of aldehydes is 1. The van der Waals surface area contributed by atoms with Crippen LogP contribution in [0.25, 0.3) is 0 Å².